The lowest BCUT2D eigenvalue weighted by Crippen LogP contribution is -2.00. The predicted octanol–water partition coefficient (Wildman–Crippen LogP) is 2.38. The molecule has 96 valence electrons. The van der Waals surface area contributed by atoms with E-state index in [1.165, 1.54) is 12.1 Å². The van der Waals surface area contributed by atoms with Gasteiger partial charge in [-0.05, 0) is 18.2 Å². The van der Waals surface area contributed by atoms with Crippen LogP contribution in [0.2, 0.25) is 0 Å². The molecule has 1 aromatic carbocycles. The van der Waals surface area contributed by atoms with Crippen molar-refractivity contribution < 1.29 is 19.0 Å². The molecule has 7 heteroatoms. The molecular weight excluding hydrogens is 252 g/mol. The van der Waals surface area contributed by atoms with Gasteiger partial charge in [0.2, 0.25) is 0 Å². The van der Waals surface area contributed by atoms with Gasteiger partial charge in [0.1, 0.15) is 11.1 Å². The van der Waals surface area contributed by atoms with Gasteiger partial charge < -0.3 is 9.25 Å². The first-order valence-electron chi connectivity index (χ1n) is 5.21. The molecule has 7 nitrogen and oxygen atoms in total. The van der Waals surface area contributed by atoms with Crippen molar-refractivity contribution in [3.8, 4) is 0 Å². The third-order valence-electron chi connectivity index (χ3n) is 2.12. The molecule has 0 spiro atoms. The summed E-state index contributed by atoms with van der Waals surface area (Å²) in [5.41, 5.74) is 0.352. The van der Waals surface area contributed by atoms with Gasteiger partial charge in [0.15, 0.2) is 5.76 Å². The van der Waals surface area contributed by atoms with E-state index in [9.17, 15) is 14.9 Å². The van der Waals surface area contributed by atoms with Gasteiger partial charge in [0, 0.05) is 0 Å². The highest BCUT2D eigenvalue weighted by molar-refractivity contribution is 5.89. The molecule has 0 fully saturated rings. The Balaban J connectivity index is 1.96. The quantitative estimate of drug-likeness (QED) is 0.364. The summed E-state index contributed by atoms with van der Waals surface area (Å²) in [6.45, 7) is 0. The Hall–Kier alpha value is -2.96. The second-order valence-electron chi connectivity index (χ2n) is 3.41. The number of benzene rings is 1. The lowest BCUT2D eigenvalue weighted by atomic mass is 10.2. The Kier molecular flexibility index (Phi) is 3.67. The molecule has 0 aliphatic heterocycles. The number of hydrogen-bond donors (Lipinski definition) is 0. The van der Waals surface area contributed by atoms with Crippen LogP contribution >= 0.6 is 0 Å². The summed E-state index contributed by atoms with van der Waals surface area (Å²) in [4.78, 5) is 25.8. The maximum atomic E-state index is 11.5. The molecule has 0 saturated heterocycles. The summed E-state index contributed by atoms with van der Waals surface area (Å²) in [5, 5.41) is 13.8. The van der Waals surface area contributed by atoms with Gasteiger partial charge in [-0.3, -0.25) is 10.1 Å². The van der Waals surface area contributed by atoms with Crippen LogP contribution in [0.1, 0.15) is 16.1 Å². The van der Waals surface area contributed by atoms with Crippen molar-refractivity contribution in [3.63, 3.8) is 0 Å². The molecule has 0 amide bonds. The predicted molar refractivity (Wildman–Crippen MR) is 64.8 cm³/mol. The lowest BCUT2D eigenvalue weighted by Gasteiger charge is -1.95. The molecule has 0 aliphatic rings. The smallest absolute Gasteiger partial charge is 0.400 e. The average molecular weight is 260 g/mol. The number of carbonyl (C=O) groups excluding carboxylic acids is 1. The molecular formula is C12H8N2O5. The zero-order valence-electron chi connectivity index (χ0n) is 9.55. The van der Waals surface area contributed by atoms with Gasteiger partial charge in [0.25, 0.3) is 0 Å². The summed E-state index contributed by atoms with van der Waals surface area (Å²) < 4.78 is 4.79. The van der Waals surface area contributed by atoms with E-state index in [0.717, 1.165) is 6.21 Å². The minimum Gasteiger partial charge on any atom is -0.400 e. The fourth-order valence-electron chi connectivity index (χ4n) is 1.26. The second-order valence-corrected chi connectivity index (χ2v) is 3.41. The van der Waals surface area contributed by atoms with Crippen molar-refractivity contribution in [2.24, 2.45) is 5.16 Å². The van der Waals surface area contributed by atoms with Gasteiger partial charge in [0.05, 0.1) is 11.6 Å². The number of rotatable bonds is 4. The Labute approximate surface area is 107 Å². The van der Waals surface area contributed by atoms with E-state index < -0.39 is 16.8 Å². The van der Waals surface area contributed by atoms with Crippen molar-refractivity contribution in [3.05, 3.63) is 63.9 Å². The highest BCUT2D eigenvalue weighted by Gasteiger charge is 2.10. The van der Waals surface area contributed by atoms with Gasteiger partial charge in [-0.25, -0.2) is 4.79 Å². The Morgan fingerprint density at radius 3 is 2.63 bits per heavy atom. The van der Waals surface area contributed by atoms with Crippen molar-refractivity contribution in [2.45, 2.75) is 0 Å². The second kappa shape index (κ2) is 5.58. The summed E-state index contributed by atoms with van der Waals surface area (Å²) in [7, 11) is 0. The Bertz CT molecular complexity index is 618. The van der Waals surface area contributed by atoms with Crippen LogP contribution in [-0.4, -0.2) is 17.1 Å². The molecule has 1 aromatic heterocycles. The highest BCUT2D eigenvalue weighted by Crippen LogP contribution is 2.13. The molecule has 2 rings (SSSR count). The van der Waals surface area contributed by atoms with Crippen molar-refractivity contribution in [2.75, 3.05) is 0 Å². The third kappa shape index (κ3) is 3.25. The first-order valence-corrected chi connectivity index (χ1v) is 5.21. The van der Waals surface area contributed by atoms with Crippen LogP contribution in [0.25, 0.3) is 0 Å². The number of nitrogens with zero attached hydrogens (tertiary/aromatic N) is 2. The Morgan fingerprint density at radius 1 is 1.26 bits per heavy atom. The molecule has 0 atom stereocenters. The SMILES string of the molecule is O=C(ON=Cc1ccc([N+](=O)[O-])o1)c1ccccc1. The van der Waals surface area contributed by atoms with Crippen LogP contribution in [0.15, 0.2) is 52.0 Å². The molecule has 0 unspecified atom stereocenters. The lowest BCUT2D eigenvalue weighted by molar-refractivity contribution is -0.402. The van der Waals surface area contributed by atoms with E-state index in [2.05, 4.69) is 9.99 Å². The van der Waals surface area contributed by atoms with E-state index in [4.69, 9.17) is 4.42 Å². The van der Waals surface area contributed by atoms with E-state index in [0.29, 0.717) is 5.56 Å². The summed E-state index contributed by atoms with van der Waals surface area (Å²) in [5.74, 6) is -0.915. The van der Waals surface area contributed by atoms with Gasteiger partial charge in [-0.15, -0.1) is 0 Å². The van der Waals surface area contributed by atoms with Crippen LogP contribution in [0.4, 0.5) is 5.88 Å². The van der Waals surface area contributed by atoms with Crippen molar-refractivity contribution >= 4 is 18.1 Å². The largest absolute Gasteiger partial charge is 0.433 e. The molecule has 0 N–H and O–H groups in total. The van der Waals surface area contributed by atoms with Gasteiger partial charge in [-0.2, -0.15) is 0 Å². The maximum Gasteiger partial charge on any atom is 0.433 e. The molecule has 0 saturated carbocycles. The van der Waals surface area contributed by atoms with Crippen molar-refractivity contribution in [1.82, 2.24) is 0 Å². The van der Waals surface area contributed by atoms with Crippen LogP contribution in [0.3, 0.4) is 0 Å². The fourth-order valence-corrected chi connectivity index (χ4v) is 1.26. The first-order chi connectivity index (χ1) is 9.16. The third-order valence-corrected chi connectivity index (χ3v) is 2.12. The number of nitro groups is 1. The summed E-state index contributed by atoms with van der Waals surface area (Å²) in [6.07, 6.45) is 1.08. The minimum atomic E-state index is -0.673. The van der Waals surface area contributed by atoms with Crippen LogP contribution in [0.5, 0.6) is 0 Å². The van der Waals surface area contributed by atoms with E-state index in [-0.39, 0.29) is 5.76 Å². The summed E-state index contributed by atoms with van der Waals surface area (Å²) in [6, 6.07) is 10.8. The van der Waals surface area contributed by atoms with Crippen LogP contribution in [-0.2, 0) is 4.84 Å². The average Bonchev–Trinajstić information content (AvgIpc) is 2.89. The minimum absolute atomic E-state index is 0.118. The topological polar surface area (TPSA) is 94.9 Å². The van der Waals surface area contributed by atoms with E-state index in [1.807, 2.05) is 0 Å². The number of oxime groups is 1. The standard InChI is InChI=1S/C12H8N2O5/c15-12(9-4-2-1-3-5-9)19-13-8-10-6-7-11(18-10)14(16)17/h1-8H. The molecule has 0 bridgehead atoms. The molecule has 0 radical (unpaired) electrons. The first kappa shape index (κ1) is 12.5. The summed E-state index contributed by atoms with van der Waals surface area (Å²) >= 11 is 0. The molecule has 2 aromatic rings. The number of furan rings is 1. The van der Waals surface area contributed by atoms with Gasteiger partial charge >= 0.3 is 11.9 Å². The molecule has 1 heterocycles. The van der Waals surface area contributed by atoms with Crippen LogP contribution in [0, 0.1) is 10.1 Å². The normalized spacial score (nSPS) is 10.5. The molecule has 0 aliphatic carbocycles. The maximum absolute atomic E-state index is 11.5. The van der Waals surface area contributed by atoms with Gasteiger partial charge in [-0.1, -0.05) is 23.4 Å². The highest BCUT2D eigenvalue weighted by atomic mass is 16.7. The van der Waals surface area contributed by atoms with Crippen LogP contribution < -0.4 is 0 Å². The monoisotopic (exact) mass is 260 g/mol. The van der Waals surface area contributed by atoms with Crippen molar-refractivity contribution in [1.29, 1.82) is 0 Å². The number of hydrogen-bond acceptors (Lipinski definition) is 6. The number of carbonyl (C=O) groups is 1. The zero-order chi connectivity index (χ0) is 13.7. The molecule has 19 heavy (non-hydrogen) atoms. The zero-order valence-corrected chi connectivity index (χ0v) is 9.55. The van der Waals surface area contributed by atoms with E-state index in [1.54, 1.807) is 30.3 Å². The van der Waals surface area contributed by atoms with E-state index >= 15 is 0 Å². The fraction of sp³-hybridized carbons (Fsp3) is 0. The Morgan fingerprint density at radius 2 is 2.00 bits per heavy atom.